The van der Waals surface area contributed by atoms with Crippen molar-refractivity contribution in [1.82, 2.24) is 14.8 Å². The number of nitro groups is 1. The first-order chi connectivity index (χ1) is 17.7. The highest BCUT2D eigenvalue weighted by Gasteiger charge is 2.24. The Morgan fingerprint density at radius 1 is 1.00 bits per heavy atom. The third-order valence-corrected chi connectivity index (χ3v) is 7.61. The molecule has 0 aliphatic carbocycles. The van der Waals surface area contributed by atoms with Crippen molar-refractivity contribution in [1.29, 1.82) is 0 Å². The molecule has 0 fully saturated rings. The summed E-state index contributed by atoms with van der Waals surface area (Å²) < 4.78 is 12.9. The minimum Gasteiger partial charge on any atom is -0.497 e. The molecule has 1 atom stereocenters. The quantitative estimate of drug-likeness (QED) is 0.111. The van der Waals surface area contributed by atoms with Crippen molar-refractivity contribution in [2.75, 3.05) is 13.7 Å². The number of thioether (sulfide) groups is 1. The highest BCUT2D eigenvalue weighted by atomic mass is 35.5. The molecule has 8 nitrogen and oxygen atoms in total. The molecule has 192 valence electrons. The number of hydrogen-bond donors (Lipinski definition) is 0. The normalized spacial score (nSPS) is 11.8. The molecule has 0 aliphatic rings. The largest absolute Gasteiger partial charge is 0.497 e. The van der Waals surface area contributed by atoms with Crippen molar-refractivity contribution < 1.29 is 14.4 Å². The molecule has 0 bridgehead atoms. The zero-order valence-electron chi connectivity index (χ0n) is 19.7. The molecule has 0 saturated heterocycles. The lowest BCUT2D eigenvalue weighted by Crippen LogP contribution is -2.11. The van der Waals surface area contributed by atoms with E-state index >= 15 is 0 Å². The molecule has 1 aromatic heterocycles. The molecule has 0 spiro atoms. The molecule has 4 rings (SSSR count). The lowest BCUT2D eigenvalue weighted by molar-refractivity contribution is -0.479. The number of nitrogens with zero attached hydrogens (tertiary/aromatic N) is 4. The van der Waals surface area contributed by atoms with E-state index in [-0.39, 0.29) is 18.1 Å². The van der Waals surface area contributed by atoms with Crippen LogP contribution in [0.25, 0.3) is 5.69 Å². The van der Waals surface area contributed by atoms with Crippen LogP contribution in [0.2, 0.25) is 15.1 Å². The van der Waals surface area contributed by atoms with Crippen LogP contribution in [0.3, 0.4) is 0 Å². The van der Waals surface area contributed by atoms with Crippen LogP contribution in [0.5, 0.6) is 11.5 Å². The van der Waals surface area contributed by atoms with E-state index in [1.54, 1.807) is 43.5 Å². The van der Waals surface area contributed by atoms with Gasteiger partial charge < -0.3 is 9.47 Å². The third kappa shape index (κ3) is 6.67. The Hall–Kier alpha value is -2.98. The van der Waals surface area contributed by atoms with E-state index in [1.807, 2.05) is 35.8 Å². The topological polar surface area (TPSA) is 92.3 Å². The van der Waals surface area contributed by atoms with Crippen LogP contribution in [-0.2, 0) is 6.61 Å². The molecule has 0 unspecified atom stereocenters. The Bertz CT molecular complexity index is 1420. The molecule has 1 heterocycles. The second-order valence-electron chi connectivity index (χ2n) is 7.91. The molecule has 4 aromatic rings. The molecular weight excluding hydrogens is 559 g/mol. The molecule has 0 aliphatic heterocycles. The van der Waals surface area contributed by atoms with Crippen LogP contribution in [0, 0.1) is 17.0 Å². The van der Waals surface area contributed by atoms with Gasteiger partial charge in [-0.1, -0.05) is 58.7 Å². The first kappa shape index (κ1) is 27.1. The lowest BCUT2D eigenvalue weighted by atomic mass is 10.1. The maximum atomic E-state index is 11.5. The summed E-state index contributed by atoms with van der Waals surface area (Å²) in [6.45, 7) is 1.72. The summed E-state index contributed by atoms with van der Waals surface area (Å²) in [5.41, 5.74) is 2.30. The fraction of sp³-hybridized carbons (Fsp3) is 0.200. The number of halogens is 3. The number of aryl methyl sites for hydroxylation is 1. The maximum Gasteiger partial charge on any atom is 0.220 e. The maximum absolute atomic E-state index is 11.5. The van der Waals surface area contributed by atoms with Gasteiger partial charge in [0.2, 0.25) is 6.54 Å². The van der Waals surface area contributed by atoms with Crippen LogP contribution in [-0.4, -0.2) is 33.3 Å². The Labute approximate surface area is 232 Å². The van der Waals surface area contributed by atoms with E-state index in [0.29, 0.717) is 43.1 Å². The molecule has 0 N–H and O–H groups in total. The van der Waals surface area contributed by atoms with E-state index in [1.165, 1.54) is 11.8 Å². The molecule has 0 radical (unpaired) electrons. The minimum absolute atomic E-state index is 0.229. The van der Waals surface area contributed by atoms with E-state index in [4.69, 9.17) is 44.3 Å². The Morgan fingerprint density at radius 3 is 2.41 bits per heavy atom. The second kappa shape index (κ2) is 12.0. The minimum atomic E-state index is -0.572. The van der Waals surface area contributed by atoms with Crippen LogP contribution in [0.15, 0.2) is 65.8 Å². The van der Waals surface area contributed by atoms with Gasteiger partial charge in [0.25, 0.3) is 0 Å². The smallest absolute Gasteiger partial charge is 0.220 e. The summed E-state index contributed by atoms with van der Waals surface area (Å²) >= 11 is 19.8. The van der Waals surface area contributed by atoms with Gasteiger partial charge in [-0.2, -0.15) is 0 Å². The Kier molecular flexibility index (Phi) is 8.81. The van der Waals surface area contributed by atoms with Gasteiger partial charge in [-0.15, -0.1) is 10.2 Å². The van der Waals surface area contributed by atoms with Gasteiger partial charge in [0, 0.05) is 10.6 Å². The van der Waals surface area contributed by atoms with E-state index in [9.17, 15) is 10.1 Å². The van der Waals surface area contributed by atoms with Gasteiger partial charge >= 0.3 is 0 Å². The highest BCUT2D eigenvalue weighted by molar-refractivity contribution is 7.99. The van der Waals surface area contributed by atoms with Crippen molar-refractivity contribution in [3.63, 3.8) is 0 Å². The molecular formula is C25H21Cl3N4O4S. The van der Waals surface area contributed by atoms with Gasteiger partial charge in [-0.25, -0.2) is 0 Å². The van der Waals surface area contributed by atoms with Crippen molar-refractivity contribution in [2.45, 2.75) is 23.9 Å². The molecule has 3 aromatic carbocycles. The predicted octanol–water partition coefficient (Wildman–Crippen LogP) is 7.23. The Morgan fingerprint density at radius 2 is 1.76 bits per heavy atom. The van der Waals surface area contributed by atoms with Gasteiger partial charge in [0.15, 0.2) is 5.16 Å². The molecule has 0 amide bonds. The molecule has 12 heteroatoms. The first-order valence-corrected chi connectivity index (χ1v) is 13.0. The predicted molar refractivity (Wildman–Crippen MR) is 145 cm³/mol. The standard InChI is InChI=1S/C25H21Cl3N4O4S/c1-15-29-30-25(32(15)18-5-7-19(35-2)8-6-18)37-24(13-31(33)34)17-4-10-23(22(28)12-17)36-14-16-3-9-20(26)21(27)11-16/h3-12,24H,13-14H2,1-2H3/t24-/m1/s1. The second-order valence-corrected chi connectivity index (χ2v) is 10.3. The molecule has 37 heavy (non-hydrogen) atoms. The van der Waals surface area contributed by atoms with E-state index in [2.05, 4.69) is 10.2 Å². The van der Waals surface area contributed by atoms with Crippen molar-refractivity contribution in [2.24, 2.45) is 0 Å². The molecule has 0 saturated carbocycles. The fourth-order valence-electron chi connectivity index (χ4n) is 3.55. The summed E-state index contributed by atoms with van der Waals surface area (Å²) in [7, 11) is 1.59. The monoisotopic (exact) mass is 578 g/mol. The van der Waals surface area contributed by atoms with Gasteiger partial charge in [-0.05, 0) is 66.6 Å². The van der Waals surface area contributed by atoms with E-state index in [0.717, 1.165) is 11.3 Å². The lowest BCUT2D eigenvalue weighted by Gasteiger charge is -2.16. The Balaban J connectivity index is 1.56. The van der Waals surface area contributed by atoms with Crippen LogP contribution >= 0.6 is 46.6 Å². The van der Waals surface area contributed by atoms with Crippen molar-refractivity contribution in [3.05, 3.63) is 103 Å². The first-order valence-electron chi connectivity index (χ1n) is 11.0. The SMILES string of the molecule is COc1ccc(-n2c(C)nnc2S[C@H](C[N+](=O)[O-])c2ccc(OCc3ccc(Cl)c(Cl)c3)c(Cl)c2)cc1. The average molecular weight is 580 g/mol. The zero-order valence-corrected chi connectivity index (χ0v) is 22.8. The third-order valence-electron chi connectivity index (χ3n) is 5.39. The summed E-state index contributed by atoms with van der Waals surface area (Å²) in [6.07, 6.45) is 0. The summed E-state index contributed by atoms with van der Waals surface area (Å²) in [5.74, 6) is 1.81. The van der Waals surface area contributed by atoms with Crippen LogP contribution < -0.4 is 9.47 Å². The number of hydrogen-bond acceptors (Lipinski definition) is 7. The van der Waals surface area contributed by atoms with Crippen molar-refractivity contribution in [3.8, 4) is 17.2 Å². The van der Waals surface area contributed by atoms with Gasteiger partial charge in [0.1, 0.15) is 29.2 Å². The number of methoxy groups -OCH3 is 1. The van der Waals surface area contributed by atoms with Crippen LogP contribution in [0.1, 0.15) is 22.2 Å². The number of aromatic nitrogens is 3. The summed E-state index contributed by atoms with van der Waals surface area (Å²) in [5, 5.41) is 21.1. The summed E-state index contributed by atoms with van der Waals surface area (Å²) in [6, 6.07) is 17.8. The fourth-order valence-corrected chi connectivity index (χ4v) is 5.27. The van der Waals surface area contributed by atoms with Gasteiger partial charge in [-0.3, -0.25) is 14.7 Å². The summed E-state index contributed by atoms with van der Waals surface area (Å²) in [4.78, 5) is 11.2. The van der Waals surface area contributed by atoms with Gasteiger partial charge in [0.05, 0.1) is 22.2 Å². The number of benzene rings is 3. The average Bonchev–Trinajstić information content (AvgIpc) is 3.24. The van der Waals surface area contributed by atoms with Crippen LogP contribution in [0.4, 0.5) is 0 Å². The number of rotatable bonds is 10. The number of ether oxygens (including phenoxy) is 2. The zero-order chi connectivity index (χ0) is 26.5. The highest BCUT2D eigenvalue weighted by Crippen LogP contribution is 2.39. The van der Waals surface area contributed by atoms with Crippen molar-refractivity contribution >= 4 is 46.6 Å². The van der Waals surface area contributed by atoms with E-state index < -0.39 is 5.25 Å².